The Morgan fingerprint density at radius 1 is 1.08 bits per heavy atom. The zero-order valence-corrected chi connectivity index (χ0v) is 13.7. The zero-order valence-electron chi connectivity index (χ0n) is 13.7. The van der Waals surface area contributed by atoms with E-state index < -0.39 is 0 Å². The number of fused-ring (bicyclic) bond motifs is 4. The number of benzene rings is 2. The van der Waals surface area contributed by atoms with E-state index in [0.29, 0.717) is 18.8 Å². The van der Waals surface area contributed by atoms with E-state index in [-0.39, 0.29) is 0 Å². The lowest BCUT2D eigenvalue weighted by atomic mass is 9.79. The average Bonchev–Trinajstić information content (AvgIpc) is 3.08. The molecule has 0 saturated carbocycles. The van der Waals surface area contributed by atoms with Crippen molar-refractivity contribution in [3.63, 3.8) is 0 Å². The molecule has 3 aliphatic rings. The van der Waals surface area contributed by atoms with Gasteiger partial charge < -0.3 is 14.4 Å². The van der Waals surface area contributed by atoms with E-state index in [1.807, 2.05) is 6.07 Å². The Bertz CT molecular complexity index is 816. The van der Waals surface area contributed by atoms with E-state index >= 15 is 0 Å². The summed E-state index contributed by atoms with van der Waals surface area (Å²) >= 11 is 0. The van der Waals surface area contributed by atoms with Gasteiger partial charge in [-0.3, -0.25) is 4.99 Å². The predicted octanol–water partition coefficient (Wildman–Crippen LogP) is 3.05. The Hall–Kier alpha value is -2.33. The topological polar surface area (TPSA) is 34.1 Å². The molecule has 2 aromatic rings. The third-order valence-corrected chi connectivity index (χ3v) is 5.32. The number of hydrogen-bond donors (Lipinski definition) is 0. The molecule has 0 unspecified atom stereocenters. The van der Waals surface area contributed by atoms with Crippen LogP contribution in [0.2, 0.25) is 0 Å². The van der Waals surface area contributed by atoms with Gasteiger partial charge in [-0.25, -0.2) is 0 Å². The largest absolute Gasteiger partial charge is 0.454 e. The molecule has 4 nitrogen and oxygen atoms in total. The third kappa shape index (κ3) is 2.13. The maximum absolute atomic E-state index is 5.64. The summed E-state index contributed by atoms with van der Waals surface area (Å²) in [6.07, 6.45) is 1.10. The molecular formula is C20H20N2O2. The molecule has 3 aliphatic heterocycles. The second-order valence-corrected chi connectivity index (χ2v) is 6.86. The molecule has 2 atom stereocenters. The van der Waals surface area contributed by atoms with Gasteiger partial charge in [-0.1, -0.05) is 30.3 Å². The fourth-order valence-electron chi connectivity index (χ4n) is 4.09. The second kappa shape index (κ2) is 5.35. The summed E-state index contributed by atoms with van der Waals surface area (Å²) in [6, 6.07) is 15.1. The molecule has 0 N–H and O–H groups in total. The molecule has 24 heavy (non-hydrogen) atoms. The van der Waals surface area contributed by atoms with E-state index in [1.54, 1.807) is 0 Å². The highest BCUT2D eigenvalue weighted by molar-refractivity contribution is 6.15. The van der Waals surface area contributed by atoms with Crippen molar-refractivity contribution in [3.8, 4) is 11.5 Å². The summed E-state index contributed by atoms with van der Waals surface area (Å²) in [5.41, 5.74) is 4.82. The molecule has 3 heterocycles. The van der Waals surface area contributed by atoms with Crippen LogP contribution < -0.4 is 9.47 Å². The number of aliphatic imine (C=N–C) groups is 1. The van der Waals surface area contributed by atoms with E-state index in [0.717, 1.165) is 36.7 Å². The smallest absolute Gasteiger partial charge is 0.231 e. The lowest BCUT2D eigenvalue weighted by Gasteiger charge is -2.39. The lowest BCUT2D eigenvalue weighted by molar-refractivity contribution is 0.174. The number of ether oxygens (including phenoxy) is 2. The Morgan fingerprint density at radius 3 is 2.71 bits per heavy atom. The van der Waals surface area contributed by atoms with Gasteiger partial charge in [0.1, 0.15) is 0 Å². The van der Waals surface area contributed by atoms with Gasteiger partial charge in [-0.2, -0.15) is 0 Å². The molecule has 5 rings (SSSR count). The first kappa shape index (κ1) is 14.1. The SMILES string of the molecule is CN1CC[C@@H]2N=C(c3ccccc3)c3cc4c(cc3[C@@H]2C1)OCO4. The van der Waals surface area contributed by atoms with Crippen LogP contribution in [0.3, 0.4) is 0 Å². The minimum absolute atomic E-state index is 0.310. The Labute approximate surface area is 141 Å². The zero-order chi connectivity index (χ0) is 16.1. The second-order valence-electron chi connectivity index (χ2n) is 6.86. The van der Waals surface area contributed by atoms with Gasteiger partial charge in [0.25, 0.3) is 0 Å². The average molecular weight is 320 g/mol. The molecule has 1 saturated heterocycles. The van der Waals surface area contributed by atoms with E-state index in [9.17, 15) is 0 Å². The highest BCUT2D eigenvalue weighted by Crippen LogP contribution is 2.43. The van der Waals surface area contributed by atoms with Gasteiger partial charge in [-0.15, -0.1) is 0 Å². The predicted molar refractivity (Wildman–Crippen MR) is 93.3 cm³/mol. The molecule has 122 valence electrons. The minimum atomic E-state index is 0.310. The van der Waals surface area contributed by atoms with Gasteiger partial charge in [0.05, 0.1) is 11.8 Å². The van der Waals surface area contributed by atoms with Gasteiger partial charge in [-0.05, 0) is 37.7 Å². The van der Waals surface area contributed by atoms with Crippen molar-refractivity contribution in [1.29, 1.82) is 0 Å². The molecule has 0 aliphatic carbocycles. The first-order valence-electron chi connectivity index (χ1n) is 8.55. The fraction of sp³-hybridized carbons (Fsp3) is 0.350. The Kier molecular flexibility index (Phi) is 3.13. The summed E-state index contributed by atoms with van der Waals surface area (Å²) in [6.45, 7) is 2.46. The van der Waals surface area contributed by atoms with E-state index in [1.165, 1.54) is 16.7 Å². The quantitative estimate of drug-likeness (QED) is 0.810. The van der Waals surface area contributed by atoms with Crippen LogP contribution in [0.15, 0.2) is 47.5 Å². The number of hydrogen-bond acceptors (Lipinski definition) is 4. The van der Waals surface area contributed by atoms with Crippen molar-refractivity contribution in [2.75, 3.05) is 26.9 Å². The van der Waals surface area contributed by atoms with Crippen molar-refractivity contribution in [1.82, 2.24) is 4.90 Å². The lowest BCUT2D eigenvalue weighted by Crippen LogP contribution is -2.41. The molecule has 0 bridgehead atoms. The number of piperidine rings is 1. The first-order chi connectivity index (χ1) is 11.8. The fourth-order valence-corrected chi connectivity index (χ4v) is 4.09. The van der Waals surface area contributed by atoms with Crippen molar-refractivity contribution >= 4 is 5.71 Å². The highest BCUT2D eigenvalue weighted by Gasteiger charge is 2.36. The molecule has 0 spiro atoms. The minimum Gasteiger partial charge on any atom is -0.454 e. The molecule has 2 aromatic carbocycles. The molecule has 0 radical (unpaired) electrons. The van der Waals surface area contributed by atoms with Crippen molar-refractivity contribution < 1.29 is 9.47 Å². The normalized spacial score (nSPS) is 25.0. The van der Waals surface area contributed by atoms with Gasteiger partial charge in [0, 0.05) is 23.6 Å². The maximum atomic E-state index is 5.64. The molecule has 1 fully saturated rings. The number of likely N-dealkylation sites (tertiary alicyclic amines) is 1. The van der Waals surface area contributed by atoms with Crippen LogP contribution in [0.5, 0.6) is 11.5 Å². The van der Waals surface area contributed by atoms with Crippen LogP contribution in [0.4, 0.5) is 0 Å². The Balaban J connectivity index is 1.70. The van der Waals surface area contributed by atoms with Crippen LogP contribution in [-0.4, -0.2) is 43.6 Å². The van der Waals surface area contributed by atoms with Gasteiger partial charge >= 0.3 is 0 Å². The Morgan fingerprint density at radius 2 is 1.88 bits per heavy atom. The summed E-state index contributed by atoms with van der Waals surface area (Å²) in [5.74, 6) is 2.13. The molecule has 0 amide bonds. The van der Waals surface area contributed by atoms with Crippen LogP contribution >= 0.6 is 0 Å². The van der Waals surface area contributed by atoms with Crippen LogP contribution in [0.25, 0.3) is 0 Å². The van der Waals surface area contributed by atoms with E-state index in [4.69, 9.17) is 14.5 Å². The summed E-state index contributed by atoms with van der Waals surface area (Å²) in [4.78, 5) is 7.57. The number of rotatable bonds is 1. The van der Waals surface area contributed by atoms with Gasteiger partial charge in [0.15, 0.2) is 11.5 Å². The van der Waals surface area contributed by atoms with Crippen molar-refractivity contribution in [2.45, 2.75) is 18.4 Å². The summed E-state index contributed by atoms with van der Waals surface area (Å²) < 4.78 is 11.3. The monoisotopic (exact) mass is 320 g/mol. The highest BCUT2D eigenvalue weighted by atomic mass is 16.7. The maximum Gasteiger partial charge on any atom is 0.231 e. The van der Waals surface area contributed by atoms with Crippen LogP contribution in [-0.2, 0) is 0 Å². The third-order valence-electron chi connectivity index (χ3n) is 5.32. The van der Waals surface area contributed by atoms with E-state index in [2.05, 4.69) is 48.3 Å². The number of nitrogens with zero attached hydrogens (tertiary/aromatic N) is 2. The summed E-state index contributed by atoms with van der Waals surface area (Å²) in [7, 11) is 2.19. The van der Waals surface area contributed by atoms with Crippen LogP contribution in [0.1, 0.15) is 29.0 Å². The first-order valence-corrected chi connectivity index (χ1v) is 8.55. The standard InChI is InChI=1S/C20H20N2O2/c1-22-8-7-17-16(11-22)14-9-18-19(24-12-23-18)10-15(14)20(21-17)13-5-3-2-4-6-13/h2-6,9-10,16-17H,7-8,11-12H2,1H3/t16-,17-/m0/s1. The molecule has 4 heteroatoms. The van der Waals surface area contributed by atoms with Crippen LogP contribution in [0, 0.1) is 0 Å². The number of likely N-dealkylation sites (N-methyl/N-ethyl adjacent to an activating group) is 1. The van der Waals surface area contributed by atoms with Crippen molar-refractivity contribution in [2.24, 2.45) is 4.99 Å². The van der Waals surface area contributed by atoms with Crippen molar-refractivity contribution in [3.05, 3.63) is 59.2 Å². The molecule has 0 aromatic heterocycles. The van der Waals surface area contributed by atoms with Gasteiger partial charge in [0.2, 0.25) is 6.79 Å². The summed E-state index contributed by atoms with van der Waals surface area (Å²) in [5, 5.41) is 0. The molecular weight excluding hydrogens is 300 g/mol.